The Morgan fingerprint density at radius 3 is 1.18 bits per heavy atom. The van der Waals surface area contributed by atoms with Gasteiger partial charge in [0, 0.05) is 11.1 Å². The number of rotatable bonds is 7. The van der Waals surface area contributed by atoms with E-state index in [1.807, 2.05) is 0 Å². The zero-order valence-electron chi connectivity index (χ0n) is 30.3. The summed E-state index contributed by atoms with van der Waals surface area (Å²) in [5.41, 5.74) is 14.0. The second-order valence-corrected chi connectivity index (χ2v) is 18.0. The summed E-state index contributed by atoms with van der Waals surface area (Å²) in [7, 11) is -2.58. The summed E-state index contributed by atoms with van der Waals surface area (Å²) >= 11 is 0. The first-order valence-corrected chi connectivity index (χ1v) is 21.0. The Kier molecular flexibility index (Phi) is 8.24. The fraction of sp³-hybridized carbons (Fsp3) is 0. The third-order valence-corrected chi connectivity index (χ3v) is 16.0. The smallest absolute Gasteiger partial charge is 0.180 e. The average molecular weight is 716 g/mol. The molecule has 10 rings (SSSR count). The zero-order valence-corrected chi connectivity index (χ0v) is 31.3. The summed E-state index contributed by atoms with van der Waals surface area (Å²) in [4.78, 5) is 5.11. The standard InChI is InChI=1S/C53H37NSi/c1-5-17-38(18-6-1)50-35-45(36-51(54-50)39-19-7-2-8-20-39)43-24-16-22-41(34-43)40-21-15-23-42(33-40)44-31-32-49-48-29-13-14-30-52(48)55(53(49)37-44,46-25-9-3-10-26-46)47-27-11-4-12-28-47/h1-37H. The minimum absolute atomic E-state index is 0.966. The maximum Gasteiger partial charge on any atom is 0.180 e. The highest BCUT2D eigenvalue weighted by atomic mass is 28.3. The van der Waals surface area contributed by atoms with Crippen LogP contribution >= 0.6 is 0 Å². The molecule has 1 nitrogen and oxygen atoms in total. The van der Waals surface area contributed by atoms with Crippen LogP contribution in [0.15, 0.2) is 224 Å². The molecule has 1 aliphatic rings. The summed E-state index contributed by atoms with van der Waals surface area (Å²) in [5, 5.41) is 5.75. The highest BCUT2D eigenvalue weighted by Crippen LogP contribution is 2.35. The van der Waals surface area contributed by atoms with Crippen molar-refractivity contribution in [3.8, 4) is 67.0 Å². The van der Waals surface area contributed by atoms with Crippen LogP contribution < -0.4 is 20.7 Å². The van der Waals surface area contributed by atoms with E-state index in [1.54, 1.807) is 0 Å². The molecule has 0 amide bonds. The first-order chi connectivity index (χ1) is 27.3. The number of nitrogens with zero attached hydrogens (tertiary/aromatic N) is 1. The van der Waals surface area contributed by atoms with E-state index in [2.05, 4.69) is 224 Å². The van der Waals surface area contributed by atoms with Crippen molar-refractivity contribution in [3.05, 3.63) is 224 Å². The van der Waals surface area contributed by atoms with E-state index in [1.165, 1.54) is 54.1 Å². The van der Waals surface area contributed by atoms with E-state index in [9.17, 15) is 0 Å². The average Bonchev–Trinajstić information content (AvgIpc) is 3.58. The van der Waals surface area contributed by atoms with Crippen molar-refractivity contribution in [3.63, 3.8) is 0 Å². The number of benzene rings is 8. The van der Waals surface area contributed by atoms with E-state index in [0.717, 1.165) is 33.6 Å². The molecule has 1 aromatic heterocycles. The number of aromatic nitrogens is 1. The van der Waals surface area contributed by atoms with Crippen LogP contribution in [-0.4, -0.2) is 13.1 Å². The predicted molar refractivity (Wildman–Crippen MR) is 234 cm³/mol. The summed E-state index contributed by atoms with van der Waals surface area (Å²) in [6.45, 7) is 0. The SMILES string of the molecule is c1ccc(-c2cc(-c3cccc(-c4cccc(-c5ccc6c(c5)[Si](c5ccccc5)(c5ccccc5)c5ccccc5-6)c4)c3)cc(-c3ccccc3)n2)cc1. The van der Waals surface area contributed by atoms with Gasteiger partial charge in [0.15, 0.2) is 8.07 Å². The lowest BCUT2D eigenvalue weighted by Gasteiger charge is -2.31. The van der Waals surface area contributed by atoms with Gasteiger partial charge in [-0.2, -0.15) is 0 Å². The minimum Gasteiger partial charge on any atom is -0.248 e. The summed E-state index contributed by atoms with van der Waals surface area (Å²) in [6, 6.07) is 82.1. The van der Waals surface area contributed by atoms with Crippen molar-refractivity contribution < 1.29 is 0 Å². The minimum atomic E-state index is -2.58. The quantitative estimate of drug-likeness (QED) is 0.150. The molecule has 0 unspecified atom stereocenters. The fourth-order valence-electron chi connectivity index (χ4n) is 8.59. The van der Waals surface area contributed by atoms with Gasteiger partial charge in [-0.25, -0.2) is 4.98 Å². The van der Waals surface area contributed by atoms with Gasteiger partial charge in [-0.05, 0) is 89.5 Å². The van der Waals surface area contributed by atoms with Crippen molar-refractivity contribution >= 4 is 28.8 Å². The molecule has 1 aliphatic heterocycles. The molecule has 2 heteroatoms. The molecule has 0 aliphatic carbocycles. The molecule has 0 bridgehead atoms. The van der Waals surface area contributed by atoms with Gasteiger partial charge in [0.2, 0.25) is 0 Å². The predicted octanol–water partition coefficient (Wildman–Crippen LogP) is 10.8. The summed E-state index contributed by atoms with van der Waals surface area (Å²) in [5.74, 6) is 0. The van der Waals surface area contributed by atoms with Crippen LogP contribution in [0.5, 0.6) is 0 Å². The van der Waals surface area contributed by atoms with E-state index in [-0.39, 0.29) is 0 Å². The Labute approximate surface area is 323 Å². The van der Waals surface area contributed by atoms with Crippen LogP contribution in [0.2, 0.25) is 0 Å². The van der Waals surface area contributed by atoms with Gasteiger partial charge < -0.3 is 0 Å². The largest absolute Gasteiger partial charge is 0.248 e. The number of pyridine rings is 1. The highest BCUT2D eigenvalue weighted by molar-refractivity contribution is 7.22. The van der Waals surface area contributed by atoms with E-state index in [4.69, 9.17) is 4.98 Å². The van der Waals surface area contributed by atoms with Gasteiger partial charge in [0.25, 0.3) is 0 Å². The van der Waals surface area contributed by atoms with Crippen LogP contribution in [-0.2, 0) is 0 Å². The monoisotopic (exact) mass is 715 g/mol. The Morgan fingerprint density at radius 1 is 0.255 bits per heavy atom. The Bertz CT molecular complexity index is 2700. The van der Waals surface area contributed by atoms with Crippen LogP contribution in [0.1, 0.15) is 0 Å². The maximum atomic E-state index is 5.11. The Balaban J connectivity index is 1.08. The van der Waals surface area contributed by atoms with Gasteiger partial charge in [0.05, 0.1) is 11.4 Å². The molecular weight excluding hydrogens is 679 g/mol. The van der Waals surface area contributed by atoms with Crippen molar-refractivity contribution in [2.24, 2.45) is 0 Å². The van der Waals surface area contributed by atoms with E-state index < -0.39 is 8.07 Å². The molecule has 55 heavy (non-hydrogen) atoms. The highest BCUT2D eigenvalue weighted by Gasteiger charge is 2.48. The molecule has 0 fully saturated rings. The van der Waals surface area contributed by atoms with Gasteiger partial charge in [-0.1, -0.05) is 200 Å². The second-order valence-electron chi connectivity index (χ2n) is 14.3. The molecule has 0 saturated heterocycles. The van der Waals surface area contributed by atoms with Crippen molar-refractivity contribution in [1.29, 1.82) is 0 Å². The number of fused-ring (bicyclic) bond motifs is 3. The van der Waals surface area contributed by atoms with Gasteiger partial charge >= 0.3 is 0 Å². The first kappa shape index (κ1) is 32.8. The maximum absolute atomic E-state index is 5.11. The van der Waals surface area contributed by atoms with Crippen LogP contribution in [0.25, 0.3) is 67.0 Å². The molecule has 8 aromatic carbocycles. The Morgan fingerprint density at radius 2 is 0.655 bits per heavy atom. The third kappa shape index (κ3) is 5.76. The lowest BCUT2D eigenvalue weighted by molar-refractivity contribution is 1.32. The van der Waals surface area contributed by atoms with Crippen LogP contribution in [0.3, 0.4) is 0 Å². The number of hydrogen-bond acceptors (Lipinski definition) is 1. The fourth-order valence-corrected chi connectivity index (χ4v) is 13.8. The molecular formula is C53H37NSi. The van der Waals surface area contributed by atoms with Gasteiger partial charge in [-0.3, -0.25) is 0 Å². The van der Waals surface area contributed by atoms with E-state index in [0.29, 0.717) is 0 Å². The summed E-state index contributed by atoms with van der Waals surface area (Å²) in [6.07, 6.45) is 0. The third-order valence-electron chi connectivity index (χ3n) is 11.1. The van der Waals surface area contributed by atoms with Crippen molar-refractivity contribution in [1.82, 2.24) is 4.98 Å². The van der Waals surface area contributed by atoms with Crippen LogP contribution in [0.4, 0.5) is 0 Å². The topological polar surface area (TPSA) is 12.9 Å². The normalized spacial score (nSPS) is 12.5. The van der Waals surface area contributed by atoms with Crippen molar-refractivity contribution in [2.45, 2.75) is 0 Å². The molecule has 9 aromatic rings. The first-order valence-electron chi connectivity index (χ1n) is 19.0. The lowest BCUT2D eigenvalue weighted by atomic mass is 9.94. The molecule has 0 radical (unpaired) electrons. The molecule has 258 valence electrons. The number of hydrogen-bond donors (Lipinski definition) is 0. The van der Waals surface area contributed by atoms with Crippen LogP contribution in [0, 0.1) is 0 Å². The zero-order chi connectivity index (χ0) is 36.6. The lowest BCUT2D eigenvalue weighted by Crippen LogP contribution is -2.72. The molecule has 0 N–H and O–H groups in total. The second kappa shape index (κ2) is 13.8. The van der Waals surface area contributed by atoms with Crippen molar-refractivity contribution in [2.75, 3.05) is 0 Å². The van der Waals surface area contributed by atoms with Gasteiger partial charge in [-0.15, -0.1) is 0 Å². The molecule has 2 heterocycles. The van der Waals surface area contributed by atoms with E-state index >= 15 is 0 Å². The molecule has 0 spiro atoms. The molecule has 0 saturated carbocycles. The summed E-state index contributed by atoms with van der Waals surface area (Å²) < 4.78 is 0. The molecule has 0 atom stereocenters. The Hall–Kier alpha value is -6.87. The van der Waals surface area contributed by atoms with Gasteiger partial charge in [0.1, 0.15) is 0 Å².